The number of esters is 3. The minimum absolute atomic E-state index is 0.0325. The van der Waals surface area contributed by atoms with E-state index in [0.29, 0.717) is 23.0 Å². The zero-order valence-electron chi connectivity index (χ0n) is 39.4. The van der Waals surface area contributed by atoms with Crippen molar-refractivity contribution in [3.05, 3.63) is 117 Å². The van der Waals surface area contributed by atoms with Crippen LogP contribution in [0, 0.1) is 0 Å². The van der Waals surface area contributed by atoms with E-state index in [-0.39, 0.29) is 71.2 Å². The van der Waals surface area contributed by atoms with Crippen molar-refractivity contribution in [2.75, 3.05) is 26.4 Å². The molecule has 0 radical (unpaired) electrons. The molecule has 0 spiro atoms. The minimum atomic E-state index is -0.464. The Morgan fingerprint density at radius 1 is 0.571 bits per heavy atom. The molecule has 2 atom stereocenters. The maximum atomic E-state index is 12.9. The second-order valence-corrected chi connectivity index (χ2v) is 20.5. The normalized spacial score (nSPS) is 15.7. The van der Waals surface area contributed by atoms with Gasteiger partial charge in [0.2, 0.25) is 5.24 Å². The first-order valence-corrected chi connectivity index (χ1v) is 21.7. The SMILES string of the molecule is CC(=O)Cl.CC(=O)OCCOc1ccc(C2C(=O)Oc3c2cc(C(C)(C)C)cc3C(C)(C)C)cc1.CC(C)(C)c1cc2c(c(C(C)(C)C)c1)OC(=O)C2c1ccc(OCCO)cc1. The van der Waals surface area contributed by atoms with Crippen LogP contribution < -0.4 is 18.9 Å². The van der Waals surface area contributed by atoms with E-state index < -0.39 is 11.8 Å². The molecular weight excluding hydrogens is 820 g/mol. The summed E-state index contributed by atoms with van der Waals surface area (Å²) < 4.78 is 27.5. The van der Waals surface area contributed by atoms with Gasteiger partial charge in [0.05, 0.1) is 6.61 Å². The molecule has 0 saturated carbocycles. The number of carbonyl (C=O) groups is 4. The maximum Gasteiger partial charge on any atom is 0.323 e. The number of hydrogen-bond acceptors (Lipinski definition) is 10. The molecule has 340 valence electrons. The van der Waals surface area contributed by atoms with Crippen LogP contribution in [-0.4, -0.2) is 54.7 Å². The van der Waals surface area contributed by atoms with E-state index in [9.17, 15) is 19.2 Å². The predicted molar refractivity (Wildman–Crippen MR) is 247 cm³/mol. The molecule has 0 aromatic heterocycles. The largest absolute Gasteiger partial charge is 0.491 e. The third-order valence-electron chi connectivity index (χ3n) is 10.5. The lowest BCUT2D eigenvalue weighted by atomic mass is 9.77. The summed E-state index contributed by atoms with van der Waals surface area (Å²) in [6, 6.07) is 23.5. The first kappa shape index (κ1) is 50.5. The number of ether oxygens (including phenoxy) is 5. The van der Waals surface area contributed by atoms with Crippen LogP contribution in [0.2, 0.25) is 0 Å². The average Bonchev–Trinajstić information content (AvgIpc) is 3.68. The van der Waals surface area contributed by atoms with Gasteiger partial charge in [0.15, 0.2) is 0 Å². The second kappa shape index (κ2) is 20.1. The van der Waals surface area contributed by atoms with Crippen molar-refractivity contribution >= 4 is 34.8 Å². The molecule has 0 fully saturated rings. The molecule has 2 heterocycles. The second-order valence-electron chi connectivity index (χ2n) is 20.0. The topological polar surface area (TPSA) is 135 Å². The Bertz CT molecular complexity index is 2260. The van der Waals surface area contributed by atoms with Crippen LogP contribution in [0.1, 0.15) is 153 Å². The average molecular weight is 886 g/mol. The van der Waals surface area contributed by atoms with E-state index in [0.717, 1.165) is 33.4 Å². The fourth-order valence-corrected chi connectivity index (χ4v) is 7.17. The zero-order chi connectivity index (χ0) is 47.2. The first-order valence-electron chi connectivity index (χ1n) is 21.3. The highest BCUT2D eigenvalue weighted by molar-refractivity contribution is 6.62. The zero-order valence-corrected chi connectivity index (χ0v) is 40.2. The number of aliphatic hydroxyl groups excluding tert-OH is 1. The summed E-state index contributed by atoms with van der Waals surface area (Å²) in [6.07, 6.45) is 0. The van der Waals surface area contributed by atoms with Crippen LogP contribution in [0.25, 0.3) is 0 Å². The standard InChI is InChI=1S/C26H32O5.C24H30O4.C2H3ClO/c1-16(27)29-12-13-30-19-10-8-17(9-11-19)22-20-14-18(25(2,3)4)15-21(26(5,6)7)23(20)31-24(22)28;1-23(2,3)16-13-18-20(15-7-9-17(10-8-15)27-12-11-25)22(26)28-21(18)19(14-16)24(4,5)6;1-2(3)4/h8-11,14-15,22H,12-13H2,1-7H3;7-10,13-14,20,25H,11-12H2,1-6H3;1H3. The van der Waals surface area contributed by atoms with E-state index in [1.54, 1.807) is 0 Å². The highest BCUT2D eigenvalue weighted by atomic mass is 35.5. The highest BCUT2D eigenvalue weighted by Gasteiger charge is 2.41. The summed E-state index contributed by atoms with van der Waals surface area (Å²) in [6.45, 7) is 29.3. The number of hydrogen-bond donors (Lipinski definition) is 1. The number of carbonyl (C=O) groups excluding carboxylic acids is 4. The quantitative estimate of drug-likeness (QED) is 0.0749. The van der Waals surface area contributed by atoms with Crippen LogP contribution in [0.15, 0.2) is 72.8 Å². The van der Waals surface area contributed by atoms with Crippen LogP contribution >= 0.6 is 11.6 Å². The van der Waals surface area contributed by atoms with Gasteiger partial charge in [-0.25, -0.2) is 0 Å². The van der Waals surface area contributed by atoms with Gasteiger partial charge in [0.25, 0.3) is 0 Å². The molecule has 4 aromatic rings. The molecule has 2 unspecified atom stereocenters. The van der Waals surface area contributed by atoms with Crippen molar-refractivity contribution in [2.24, 2.45) is 0 Å². The molecule has 0 bridgehead atoms. The van der Waals surface area contributed by atoms with Crippen molar-refractivity contribution in [3.8, 4) is 23.0 Å². The van der Waals surface area contributed by atoms with Crippen molar-refractivity contribution in [1.29, 1.82) is 0 Å². The van der Waals surface area contributed by atoms with Gasteiger partial charge in [0, 0.05) is 36.1 Å². The van der Waals surface area contributed by atoms with Crippen molar-refractivity contribution in [3.63, 3.8) is 0 Å². The lowest BCUT2D eigenvalue weighted by Gasteiger charge is -2.27. The molecule has 0 amide bonds. The Morgan fingerprint density at radius 3 is 1.22 bits per heavy atom. The monoisotopic (exact) mass is 884 g/mol. The maximum absolute atomic E-state index is 12.9. The van der Waals surface area contributed by atoms with E-state index in [2.05, 4.69) is 119 Å². The summed E-state index contributed by atoms with van der Waals surface area (Å²) in [5.41, 5.74) is 7.73. The van der Waals surface area contributed by atoms with Crippen LogP contribution in [0.4, 0.5) is 0 Å². The van der Waals surface area contributed by atoms with Crippen molar-refractivity contribution < 1.29 is 48.0 Å². The highest BCUT2D eigenvalue weighted by Crippen LogP contribution is 2.49. The molecule has 1 N–H and O–H groups in total. The van der Waals surface area contributed by atoms with Gasteiger partial charge in [-0.15, -0.1) is 0 Å². The number of aliphatic hydroxyl groups is 1. The number of rotatable bonds is 9. The lowest BCUT2D eigenvalue weighted by Crippen LogP contribution is -2.17. The Morgan fingerprint density at radius 2 is 0.921 bits per heavy atom. The Labute approximate surface area is 378 Å². The summed E-state index contributed by atoms with van der Waals surface area (Å²) >= 11 is 4.64. The minimum Gasteiger partial charge on any atom is -0.491 e. The van der Waals surface area contributed by atoms with Gasteiger partial charge >= 0.3 is 17.9 Å². The van der Waals surface area contributed by atoms with Gasteiger partial charge in [-0.3, -0.25) is 19.2 Å². The third kappa shape index (κ3) is 13.2. The molecule has 0 saturated heterocycles. The van der Waals surface area contributed by atoms with E-state index in [1.807, 2.05) is 48.5 Å². The fourth-order valence-electron chi connectivity index (χ4n) is 7.17. The van der Waals surface area contributed by atoms with Crippen LogP contribution in [0.3, 0.4) is 0 Å². The van der Waals surface area contributed by atoms with Gasteiger partial charge in [-0.05, 0) is 79.8 Å². The molecule has 6 rings (SSSR count). The number of benzene rings is 4. The van der Waals surface area contributed by atoms with Crippen LogP contribution in [-0.2, 0) is 45.6 Å². The molecule has 63 heavy (non-hydrogen) atoms. The molecular formula is C52H65ClO10. The van der Waals surface area contributed by atoms with E-state index in [1.165, 1.54) is 25.0 Å². The van der Waals surface area contributed by atoms with Gasteiger partial charge < -0.3 is 28.8 Å². The van der Waals surface area contributed by atoms with E-state index in [4.69, 9.17) is 28.8 Å². The van der Waals surface area contributed by atoms with Gasteiger partial charge in [0.1, 0.15) is 54.7 Å². The number of halogens is 1. The Balaban J connectivity index is 0.000000256. The van der Waals surface area contributed by atoms with Crippen LogP contribution in [0.5, 0.6) is 23.0 Å². The first-order chi connectivity index (χ1) is 29.1. The summed E-state index contributed by atoms with van der Waals surface area (Å²) in [7, 11) is 0. The van der Waals surface area contributed by atoms with Crippen molar-refractivity contribution in [1.82, 2.24) is 0 Å². The molecule has 2 aliphatic heterocycles. The summed E-state index contributed by atoms with van der Waals surface area (Å²) in [5, 5.41) is 8.53. The number of fused-ring (bicyclic) bond motifs is 2. The van der Waals surface area contributed by atoms with Crippen molar-refractivity contribution in [2.45, 2.75) is 130 Å². The molecule has 10 nitrogen and oxygen atoms in total. The smallest absolute Gasteiger partial charge is 0.323 e. The third-order valence-corrected chi connectivity index (χ3v) is 10.5. The summed E-state index contributed by atoms with van der Waals surface area (Å²) in [5.74, 6) is 0.990. The molecule has 11 heteroatoms. The lowest BCUT2D eigenvalue weighted by molar-refractivity contribution is -0.141. The van der Waals surface area contributed by atoms with Gasteiger partial charge in [-0.2, -0.15) is 0 Å². The Kier molecular flexibility index (Phi) is 16.1. The molecule has 4 aromatic carbocycles. The molecule has 2 aliphatic rings. The Hall–Kier alpha value is -5.19. The fraction of sp³-hybridized carbons (Fsp3) is 0.462. The van der Waals surface area contributed by atoms with E-state index >= 15 is 0 Å². The predicted octanol–water partition coefficient (Wildman–Crippen LogP) is 10.7. The molecule has 0 aliphatic carbocycles. The summed E-state index contributed by atoms with van der Waals surface area (Å²) in [4.78, 5) is 45.8. The van der Waals surface area contributed by atoms with Gasteiger partial charge in [-0.1, -0.05) is 132 Å².